The molecular weight excluding hydrogens is 194 g/mol. The molecule has 1 aliphatic heterocycles. The molecule has 3 heteroatoms. The zero-order valence-corrected chi connectivity index (χ0v) is 9.23. The van der Waals surface area contributed by atoms with E-state index in [0.717, 1.165) is 23.6 Å². The second kappa shape index (κ2) is 3.58. The van der Waals surface area contributed by atoms with Crippen molar-refractivity contribution in [3.05, 3.63) is 23.8 Å². The van der Waals surface area contributed by atoms with Gasteiger partial charge in [-0.1, -0.05) is 12.2 Å². The largest absolute Gasteiger partial charge is 0.497 e. The summed E-state index contributed by atoms with van der Waals surface area (Å²) in [6.45, 7) is 0. The summed E-state index contributed by atoms with van der Waals surface area (Å²) in [4.78, 5) is 3.09. The van der Waals surface area contributed by atoms with Crippen LogP contribution in [0.15, 0.2) is 18.2 Å². The van der Waals surface area contributed by atoms with Crippen LogP contribution in [0.25, 0.3) is 0 Å². The maximum atomic E-state index is 5.26. The number of hydrogen-bond donors (Lipinski definition) is 0. The highest BCUT2D eigenvalue weighted by atomic mass is 32.1. The molecule has 0 atom stereocenters. The summed E-state index contributed by atoms with van der Waals surface area (Å²) >= 11 is 5.26. The Labute approximate surface area is 89.5 Å². The molecule has 74 valence electrons. The van der Waals surface area contributed by atoms with Gasteiger partial charge in [0.15, 0.2) is 0 Å². The Kier molecular flexibility index (Phi) is 2.42. The van der Waals surface area contributed by atoms with Crippen molar-refractivity contribution in [2.45, 2.75) is 12.8 Å². The van der Waals surface area contributed by atoms with Crippen molar-refractivity contribution in [1.29, 1.82) is 0 Å². The number of benzene rings is 1. The minimum atomic E-state index is 0.921. The topological polar surface area (TPSA) is 12.5 Å². The minimum absolute atomic E-state index is 0.921. The van der Waals surface area contributed by atoms with Crippen LogP contribution in [-0.4, -0.2) is 19.1 Å². The highest BCUT2D eigenvalue weighted by Gasteiger charge is 2.17. The minimum Gasteiger partial charge on any atom is -0.497 e. The molecule has 0 amide bonds. The first-order valence-corrected chi connectivity index (χ1v) is 5.06. The van der Waals surface area contributed by atoms with Gasteiger partial charge in [-0.3, -0.25) is 0 Å². The molecule has 0 unspecified atom stereocenters. The number of thiocarbonyl (C=S) groups is 1. The fourth-order valence-electron chi connectivity index (χ4n) is 1.76. The SMILES string of the molecule is COc1ccc2c(c1)CCC(=S)N2C. The van der Waals surface area contributed by atoms with Gasteiger partial charge in [0.1, 0.15) is 5.75 Å². The van der Waals surface area contributed by atoms with Gasteiger partial charge in [0.25, 0.3) is 0 Å². The number of fused-ring (bicyclic) bond motifs is 1. The van der Waals surface area contributed by atoms with Crippen LogP contribution >= 0.6 is 12.2 Å². The van der Waals surface area contributed by atoms with Crippen molar-refractivity contribution in [3.8, 4) is 5.75 Å². The van der Waals surface area contributed by atoms with Crippen LogP contribution in [-0.2, 0) is 6.42 Å². The smallest absolute Gasteiger partial charge is 0.119 e. The number of aryl methyl sites for hydroxylation is 1. The zero-order valence-electron chi connectivity index (χ0n) is 8.41. The zero-order chi connectivity index (χ0) is 10.1. The predicted molar refractivity (Wildman–Crippen MR) is 62.3 cm³/mol. The van der Waals surface area contributed by atoms with Crippen molar-refractivity contribution in [3.63, 3.8) is 0 Å². The molecule has 1 aromatic carbocycles. The van der Waals surface area contributed by atoms with Crippen molar-refractivity contribution in [2.24, 2.45) is 0 Å². The summed E-state index contributed by atoms with van der Waals surface area (Å²) in [6, 6.07) is 6.14. The van der Waals surface area contributed by atoms with Gasteiger partial charge < -0.3 is 9.64 Å². The van der Waals surface area contributed by atoms with Crippen molar-refractivity contribution >= 4 is 22.9 Å². The Bertz CT molecular complexity index is 376. The quantitative estimate of drug-likeness (QED) is 0.656. The van der Waals surface area contributed by atoms with Gasteiger partial charge >= 0.3 is 0 Å². The third-order valence-electron chi connectivity index (χ3n) is 2.63. The molecule has 0 saturated heterocycles. The Hall–Kier alpha value is -1.09. The molecule has 2 nitrogen and oxygen atoms in total. The van der Waals surface area contributed by atoms with E-state index in [1.54, 1.807) is 7.11 Å². The summed E-state index contributed by atoms with van der Waals surface area (Å²) in [5.41, 5.74) is 2.53. The first-order chi connectivity index (χ1) is 6.72. The molecule has 0 aromatic heterocycles. The lowest BCUT2D eigenvalue weighted by Crippen LogP contribution is -2.29. The van der Waals surface area contributed by atoms with Crippen LogP contribution < -0.4 is 9.64 Å². The van der Waals surface area contributed by atoms with E-state index >= 15 is 0 Å². The monoisotopic (exact) mass is 207 g/mol. The lowest BCUT2D eigenvalue weighted by Gasteiger charge is -2.28. The van der Waals surface area contributed by atoms with E-state index in [4.69, 9.17) is 17.0 Å². The second-order valence-electron chi connectivity index (χ2n) is 3.45. The fraction of sp³-hybridized carbons (Fsp3) is 0.364. The third kappa shape index (κ3) is 1.48. The molecule has 0 spiro atoms. The number of anilines is 1. The van der Waals surface area contributed by atoms with Gasteiger partial charge in [-0.05, 0) is 30.2 Å². The van der Waals surface area contributed by atoms with Gasteiger partial charge in [-0.25, -0.2) is 0 Å². The van der Waals surface area contributed by atoms with Crippen molar-refractivity contribution in [2.75, 3.05) is 19.1 Å². The number of methoxy groups -OCH3 is 1. The molecule has 0 fully saturated rings. The lowest BCUT2D eigenvalue weighted by molar-refractivity contribution is 0.414. The molecule has 1 aliphatic rings. The first-order valence-electron chi connectivity index (χ1n) is 4.66. The van der Waals surface area contributed by atoms with E-state index in [9.17, 15) is 0 Å². The van der Waals surface area contributed by atoms with Crippen molar-refractivity contribution in [1.82, 2.24) is 0 Å². The number of ether oxygens (including phenoxy) is 1. The van der Waals surface area contributed by atoms with E-state index in [1.807, 2.05) is 13.1 Å². The van der Waals surface area contributed by atoms with E-state index in [-0.39, 0.29) is 0 Å². The Balaban J connectivity index is 2.43. The van der Waals surface area contributed by atoms with Crippen LogP contribution in [0.3, 0.4) is 0 Å². The Morgan fingerprint density at radius 2 is 2.14 bits per heavy atom. The fourth-order valence-corrected chi connectivity index (χ4v) is 1.96. The molecular formula is C11H13NOS. The molecule has 1 heterocycles. The van der Waals surface area contributed by atoms with Crippen LogP contribution in [0.4, 0.5) is 5.69 Å². The van der Waals surface area contributed by atoms with E-state index in [1.165, 1.54) is 11.3 Å². The van der Waals surface area contributed by atoms with Gasteiger partial charge in [0.2, 0.25) is 0 Å². The maximum absolute atomic E-state index is 5.26. The van der Waals surface area contributed by atoms with Crippen LogP contribution in [0, 0.1) is 0 Å². The van der Waals surface area contributed by atoms with Gasteiger partial charge in [-0.2, -0.15) is 0 Å². The van der Waals surface area contributed by atoms with Gasteiger partial charge in [0.05, 0.1) is 12.1 Å². The van der Waals surface area contributed by atoms with Crippen molar-refractivity contribution < 1.29 is 4.74 Å². The average Bonchev–Trinajstić information content (AvgIpc) is 2.23. The standard InChI is InChI=1S/C11H13NOS/c1-12-10-5-4-9(13-2)7-8(10)3-6-11(12)14/h4-5,7H,3,6H2,1-2H3. The second-order valence-corrected chi connectivity index (χ2v) is 3.92. The lowest BCUT2D eigenvalue weighted by atomic mass is 10.0. The maximum Gasteiger partial charge on any atom is 0.119 e. The summed E-state index contributed by atoms with van der Waals surface area (Å²) in [5, 5.41) is 0. The summed E-state index contributed by atoms with van der Waals surface area (Å²) < 4.78 is 5.19. The summed E-state index contributed by atoms with van der Waals surface area (Å²) in [7, 11) is 3.71. The predicted octanol–water partition coefficient (Wildman–Crippen LogP) is 2.41. The van der Waals surface area contributed by atoms with Crippen LogP contribution in [0.2, 0.25) is 0 Å². The molecule has 2 rings (SSSR count). The first kappa shape index (κ1) is 9.46. The van der Waals surface area contributed by atoms with Gasteiger partial charge in [0, 0.05) is 19.2 Å². The molecule has 14 heavy (non-hydrogen) atoms. The average molecular weight is 207 g/mol. The third-order valence-corrected chi connectivity index (χ3v) is 3.11. The molecule has 1 aromatic rings. The highest BCUT2D eigenvalue weighted by molar-refractivity contribution is 7.80. The molecule has 0 aliphatic carbocycles. The highest BCUT2D eigenvalue weighted by Crippen LogP contribution is 2.30. The number of hydrogen-bond acceptors (Lipinski definition) is 2. The Morgan fingerprint density at radius 3 is 2.86 bits per heavy atom. The molecule has 0 N–H and O–H groups in total. The van der Waals surface area contributed by atoms with Crippen LogP contribution in [0.1, 0.15) is 12.0 Å². The van der Waals surface area contributed by atoms with E-state index < -0.39 is 0 Å². The van der Waals surface area contributed by atoms with E-state index in [0.29, 0.717) is 0 Å². The summed E-state index contributed by atoms with van der Waals surface area (Å²) in [5.74, 6) is 0.921. The normalized spacial score (nSPS) is 15.3. The number of nitrogens with zero attached hydrogens (tertiary/aromatic N) is 1. The van der Waals surface area contributed by atoms with Gasteiger partial charge in [-0.15, -0.1) is 0 Å². The molecule has 0 radical (unpaired) electrons. The molecule has 0 bridgehead atoms. The number of rotatable bonds is 1. The molecule has 0 saturated carbocycles. The Morgan fingerprint density at radius 1 is 1.36 bits per heavy atom. The summed E-state index contributed by atoms with van der Waals surface area (Å²) in [6.07, 6.45) is 1.99. The van der Waals surface area contributed by atoms with Crippen LogP contribution in [0.5, 0.6) is 5.75 Å². The van der Waals surface area contributed by atoms with E-state index in [2.05, 4.69) is 17.0 Å².